The van der Waals surface area contributed by atoms with Gasteiger partial charge in [-0.1, -0.05) is 6.07 Å². The monoisotopic (exact) mass is 313 g/mol. The van der Waals surface area contributed by atoms with Crippen molar-refractivity contribution in [3.05, 3.63) is 23.9 Å². The third kappa shape index (κ3) is 3.51. The van der Waals surface area contributed by atoms with Crippen molar-refractivity contribution < 1.29 is 18.0 Å². The SMILES string of the molecule is O=C(NC1CC1)C1CCN(c2cccc(C(F)(F)F)n2)CC1. The Hall–Kier alpha value is -1.79. The maximum Gasteiger partial charge on any atom is 0.433 e. The summed E-state index contributed by atoms with van der Waals surface area (Å²) in [5.41, 5.74) is -0.876. The van der Waals surface area contributed by atoms with Crippen LogP contribution in [0.5, 0.6) is 0 Å². The molecule has 2 aliphatic rings. The number of hydrogen-bond acceptors (Lipinski definition) is 3. The Morgan fingerprint density at radius 2 is 1.86 bits per heavy atom. The van der Waals surface area contributed by atoms with Gasteiger partial charge in [-0.05, 0) is 37.8 Å². The molecule has 2 fully saturated rings. The number of halogens is 3. The number of amides is 1. The summed E-state index contributed by atoms with van der Waals surface area (Å²) in [4.78, 5) is 17.5. The highest BCUT2D eigenvalue weighted by Gasteiger charge is 2.34. The van der Waals surface area contributed by atoms with Crippen molar-refractivity contribution in [1.29, 1.82) is 0 Å². The molecular weight excluding hydrogens is 295 g/mol. The molecule has 2 heterocycles. The van der Waals surface area contributed by atoms with Crippen LogP contribution in [0.15, 0.2) is 18.2 Å². The van der Waals surface area contributed by atoms with Crippen molar-refractivity contribution in [2.24, 2.45) is 5.92 Å². The van der Waals surface area contributed by atoms with Gasteiger partial charge in [-0.2, -0.15) is 13.2 Å². The Labute approximate surface area is 126 Å². The molecule has 0 atom stereocenters. The zero-order chi connectivity index (χ0) is 15.7. The molecular formula is C15H18F3N3O. The molecule has 0 bridgehead atoms. The molecule has 1 aromatic heterocycles. The highest BCUT2D eigenvalue weighted by atomic mass is 19.4. The first kappa shape index (κ1) is 15.1. The first-order valence-electron chi connectivity index (χ1n) is 7.53. The maximum atomic E-state index is 12.7. The minimum Gasteiger partial charge on any atom is -0.357 e. The summed E-state index contributed by atoms with van der Waals surface area (Å²) >= 11 is 0. The van der Waals surface area contributed by atoms with E-state index in [-0.39, 0.29) is 11.8 Å². The number of nitrogens with zero attached hydrogens (tertiary/aromatic N) is 2. The first-order valence-corrected chi connectivity index (χ1v) is 7.53. The first-order chi connectivity index (χ1) is 10.4. The van der Waals surface area contributed by atoms with Crippen molar-refractivity contribution in [2.75, 3.05) is 18.0 Å². The lowest BCUT2D eigenvalue weighted by atomic mass is 9.96. The average molecular weight is 313 g/mol. The van der Waals surface area contributed by atoms with Gasteiger partial charge in [-0.25, -0.2) is 4.98 Å². The van der Waals surface area contributed by atoms with Crippen LogP contribution in [0, 0.1) is 5.92 Å². The van der Waals surface area contributed by atoms with Crippen LogP contribution in [0.3, 0.4) is 0 Å². The lowest BCUT2D eigenvalue weighted by Crippen LogP contribution is -2.41. The van der Waals surface area contributed by atoms with E-state index in [1.165, 1.54) is 6.07 Å². The van der Waals surface area contributed by atoms with Gasteiger partial charge in [0.25, 0.3) is 0 Å². The van der Waals surface area contributed by atoms with Crippen LogP contribution in [0.4, 0.5) is 19.0 Å². The number of carbonyl (C=O) groups excluding carboxylic acids is 1. The summed E-state index contributed by atoms with van der Waals surface area (Å²) < 4.78 is 38.1. The standard InChI is InChI=1S/C15H18F3N3O/c16-15(17,18)12-2-1-3-13(20-12)21-8-6-10(7-9-21)14(22)19-11-4-5-11/h1-3,10-11H,4-9H2,(H,19,22). The highest BCUT2D eigenvalue weighted by Crippen LogP contribution is 2.30. The van der Waals surface area contributed by atoms with E-state index in [9.17, 15) is 18.0 Å². The number of carbonyl (C=O) groups is 1. The van der Waals surface area contributed by atoms with E-state index in [4.69, 9.17) is 0 Å². The van der Waals surface area contributed by atoms with Crippen LogP contribution in [0.1, 0.15) is 31.4 Å². The number of nitrogens with one attached hydrogen (secondary N) is 1. The minimum atomic E-state index is -4.43. The minimum absolute atomic E-state index is 0.0392. The Balaban J connectivity index is 1.60. The van der Waals surface area contributed by atoms with E-state index in [2.05, 4.69) is 10.3 Å². The number of rotatable bonds is 3. The van der Waals surface area contributed by atoms with E-state index in [0.717, 1.165) is 18.9 Å². The predicted molar refractivity (Wildman–Crippen MR) is 75.3 cm³/mol. The van der Waals surface area contributed by atoms with Crippen LogP contribution >= 0.6 is 0 Å². The topological polar surface area (TPSA) is 45.2 Å². The zero-order valence-electron chi connectivity index (χ0n) is 12.1. The summed E-state index contributed by atoms with van der Waals surface area (Å²) in [5.74, 6) is 0.373. The molecule has 1 amide bonds. The molecule has 1 saturated heterocycles. The fraction of sp³-hybridized carbons (Fsp3) is 0.600. The Kier molecular flexibility index (Phi) is 3.97. The fourth-order valence-electron chi connectivity index (χ4n) is 2.67. The van der Waals surface area contributed by atoms with Gasteiger partial charge < -0.3 is 10.2 Å². The molecule has 0 aromatic carbocycles. The van der Waals surface area contributed by atoms with Crippen molar-refractivity contribution in [1.82, 2.24) is 10.3 Å². The van der Waals surface area contributed by atoms with E-state index < -0.39 is 11.9 Å². The van der Waals surface area contributed by atoms with Gasteiger partial charge in [0, 0.05) is 25.0 Å². The number of hydrogen-bond donors (Lipinski definition) is 1. The molecule has 0 unspecified atom stereocenters. The number of aromatic nitrogens is 1. The zero-order valence-corrected chi connectivity index (χ0v) is 12.1. The van der Waals surface area contributed by atoms with Gasteiger partial charge in [-0.15, -0.1) is 0 Å². The number of pyridine rings is 1. The van der Waals surface area contributed by atoms with Crippen LogP contribution in [-0.2, 0) is 11.0 Å². The quantitative estimate of drug-likeness (QED) is 0.933. The van der Waals surface area contributed by atoms with E-state index >= 15 is 0 Å². The molecule has 3 rings (SSSR count). The van der Waals surface area contributed by atoms with E-state index in [1.54, 1.807) is 6.07 Å². The van der Waals surface area contributed by atoms with Gasteiger partial charge in [0.05, 0.1) is 0 Å². The van der Waals surface area contributed by atoms with Crippen molar-refractivity contribution in [2.45, 2.75) is 37.9 Å². The smallest absolute Gasteiger partial charge is 0.357 e. The molecule has 7 heteroatoms. The Morgan fingerprint density at radius 3 is 2.45 bits per heavy atom. The summed E-state index contributed by atoms with van der Waals surface area (Å²) in [6, 6.07) is 4.27. The molecule has 120 valence electrons. The molecule has 1 aromatic rings. The van der Waals surface area contributed by atoms with Crippen LogP contribution in [0.2, 0.25) is 0 Å². The molecule has 1 aliphatic heterocycles. The summed E-state index contributed by atoms with van der Waals surface area (Å²) in [7, 11) is 0. The number of alkyl halides is 3. The van der Waals surface area contributed by atoms with Crippen LogP contribution in [0.25, 0.3) is 0 Å². The van der Waals surface area contributed by atoms with Crippen molar-refractivity contribution >= 4 is 11.7 Å². The third-order valence-electron chi connectivity index (χ3n) is 4.14. The lowest BCUT2D eigenvalue weighted by Gasteiger charge is -2.32. The van der Waals surface area contributed by atoms with Gasteiger partial charge in [-0.3, -0.25) is 4.79 Å². The largest absolute Gasteiger partial charge is 0.433 e. The van der Waals surface area contributed by atoms with Crippen molar-refractivity contribution in [3.63, 3.8) is 0 Å². The normalized spacial score (nSPS) is 20.0. The summed E-state index contributed by atoms with van der Waals surface area (Å²) in [6.07, 6.45) is -1.02. The molecule has 0 radical (unpaired) electrons. The van der Waals surface area contributed by atoms with Gasteiger partial charge in [0.15, 0.2) is 0 Å². The fourth-order valence-corrected chi connectivity index (χ4v) is 2.67. The van der Waals surface area contributed by atoms with Gasteiger partial charge in [0.2, 0.25) is 5.91 Å². The maximum absolute atomic E-state index is 12.7. The summed E-state index contributed by atoms with van der Waals surface area (Å²) in [5, 5.41) is 2.99. The lowest BCUT2D eigenvalue weighted by molar-refractivity contribution is -0.141. The van der Waals surface area contributed by atoms with Crippen LogP contribution in [-0.4, -0.2) is 30.0 Å². The second-order valence-corrected chi connectivity index (χ2v) is 5.92. The number of anilines is 1. The Morgan fingerprint density at radius 1 is 1.18 bits per heavy atom. The van der Waals surface area contributed by atoms with Gasteiger partial charge in [0.1, 0.15) is 11.5 Å². The molecule has 0 spiro atoms. The third-order valence-corrected chi connectivity index (χ3v) is 4.14. The Bertz CT molecular complexity index is 549. The average Bonchev–Trinajstić information content (AvgIpc) is 3.31. The van der Waals surface area contributed by atoms with Gasteiger partial charge >= 0.3 is 6.18 Å². The van der Waals surface area contributed by atoms with E-state index in [1.807, 2.05) is 4.90 Å². The van der Waals surface area contributed by atoms with Crippen LogP contribution < -0.4 is 10.2 Å². The van der Waals surface area contributed by atoms with E-state index in [0.29, 0.717) is 37.8 Å². The van der Waals surface area contributed by atoms with Crippen molar-refractivity contribution in [3.8, 4) is 0 Å². The molecule has 4 nitrogen and oxygen atoms in total. The molecule has 22 heavy (non-hydrogen) atoms. The highest BCUT2D eigenvalue weighted by molar-refractivity contribution is 5.79. The molecule has 1 saturated carbocycles. The second kappa shape index (κ2) is 5.78. The second-order valence-electron chi connectivity index (χ2n) is 5.92. The summed E-state index contributed by atoms with van der Waals surface area (Å²) in [6.45, 7) is 1.11. The predicted octanol–water partition coefficient (Wildman–Crippen LogP) is 2.60. The molecule has 1 aliphatic carbocycles. The molecule has 1 N–H and O–H groups in total. The number of piperidine rings is 1.